The fraction of sp³-hybridized carbons (Fsp3) is 0.176. The topological polar surface area (TPSA) is 73.6 Å². The second kappa shape index (κ2) is 6.00. The molecule has 0 spiro atoms. The van der Waals surface area contributed by atoms with Crippen LogP contribution in [-0.4, -0.2) is 20.3 Å². The molecule has 2 aromatic heterocycles. The standard InChI is InChI=1S/C17H15N3O3/c1-3-13-16(23-11(2)21)19-15-14(12-7-5-4-6-8-12)9-18-10-20(15)17(13)22/h4-10H,3H2,1-2H3. The van der Waals surface area contributed by atoms with Crippen LogP contribution in [0, 0.1) is 0 Å². The second-order valence-electron chi connectivity index (χ2n) is 5.01. The van der Waals surface area contributed by atoms with Gasteiger partial charge in [-0.05, 0) is 12.0 Å². The van der Waals surface area contributed by atoms with Crippen molar-refractivity contribution in [3.05, 3.63) is 58.8 Å². The Labute approximate surface area is 132 Å². The SMILES string of the molecule is CCc1c(OC(C)=O)nc2c(-c3ccccc3)cncn2c1=O. The molecule has 0 bridgehead atoms. The number of benzene rings is 1. The Morgan fingerprint density at radius 1 is 1.26 bits per heavy atom. The van der Waals surface area contributed by atoms with Crippen molar-refractivity contribution >= 4 is 11.6 Å². The van der Waals surface area contributed by atoms with Crippen molar-refractivity contribution in [3.63, 3.8) is 0 Å². The number of nitrogens with zero attached hydrogens (tertiary/aromatic N) is 3. The van der Waals surface area contributed by atoms with Crippen LogP contribution in [0.15, 0.2) is 47.7 Å². The summed E-state index contributed by atoms with van der Waals surface area (Å²) in [6, 6.07) is 9.50. The Hall–Kier alpha value is -3.02. The van der Waals surface area contributed by atoms with Crippen molar-refractivity contribution in [2.75, 3.05) is 0 Å². The van der Waals surface area contributed by atoms with E-state index < -0.39 is 5.97 Å². The van der Waals surface area contributed by atoms with Crippen LogP contribution in [0.5, 0.6) is 5.88 Å². The van der Waals surface area contributed by atoms with Crippen molar-refractivity contribution in [1.82, 2.24) is 14.4 Å². The van der Waals surface area contributed by atoms with E-state index in [0.717, 1.165) is 5.56 Å². The normalized spacial score (nSPS) is 10.7. The average molecular weight is 309 g/mol. The van der Waals surface area contributed by atoms with E-state index >= 15 is 0 Å². The number of ether oxygens (including phenoxy) is 1. The average Bonchev–Trinajstić information content (AvgIpc) is 2.55. The Morgan fingerprint density at radius 3 is 2.65 bits per heavy atom. The number of aromatic nitrogens is 3. The maximum atomic E-state index is 12.6. The lowest BCUT2D eigenvalue weighted by Gasteiger charge is -2.11. The lowest BCUT2D eigenvalue weighted by atomic mass is 10.1. The van der Waals surface area contributed by atoms with Gasteiger partial charge in [0.05, 0.1) is 5.56 Å². The lowest BCUT2D eigenvalue weighted by Crippen LogP contribution is -2.22. The third-order valence-corrected chi connectivity index (χ3v) is 3.48. The zero-order chi connectivity index (χ0) is 16.4. The fourth-order valence-electron chi connectivity index (χ4n) is 2.42. The van der Waals surface area contributed by atoms with E-state index in [9.17, 15) is 9.59 Å². The van der Waals surface area contributed by atoms with E-state index in [1.54, 1.807) is 6.20 Å². The van der Waals surface area contributed by atoms with Gasteiger partial charge in [-0.15, -0.1) is 0 Å². The molecule has 0 aliphatic rings. The summed E-state index contributed by atoms with van der Waals surface area (Å²) in [5, 5.41) is 0. The molecule has 0 aliphatic heterocycles. The molecule has 6 nitrogen and oxygen atoms in total. The van der Waals surface area contributed by atoms with Crippen LogP contribution in [0.2, 0.25) is 0 Å². The van der Waals surface area contributed by atoms with Crippen molar-refractivity contribution in [3.8, 4) is 17.0 Å². The molecule has 1 aromatic carbocycles. The smallest absolute Gasteiger partial charge is 0.309 e. The first-order chi connectivity index (χ1) is 11.1. The fourth-order valence-corrected chi connectivity index (χ4v) is 2.42. The molecular weight excluding hydrogens is 294 g/mol. The zero-order valence-corrected chi connectivity index (χ0v) is 12.8. The quantitative estimate of drug-likeness (QED) is 0.694. The molecule has 2 heterocycles. The van der Waals surface area contributed by atoms with Gasteiger partial charge in [0, 0.05) is 18.7 Å². The molecule has 3 rings (SSSR count). The summed E-state index contributed by atoms with van der Waals surface area (Å²) in [5.41, 5.74) is 2.05. The molecular formula is C17H15N3O3. The molecule has 6 heteroatoms. The zero-order valence-electron chi connectivity index (χ0n) is 12.8. The van der Waals surface area contributed by atoms with Gasteiger partial charge in [0.1, 0.15) is 6.33 Å². The van der Waals surface area contributed by atoms with Gasteiger partial charge in [0.15, 0.2) is 5.65 Å². The summed E-state index contributed by atoms with van der Waals surface area (Å²) in [4.78, 5) is 32.5. The van der Waals surface area contributed by atoms with Crippen LogP contribution in [-0.2, 0) is 11.2 Å². The number of hydrogen-bond donors (Lipinski definition) is 0. The molecule has 0 saturated carbocycles. The molecule has 116 valence electrons. The summed E-state index contributed by atoms with van der Waals surface area (Å²) in [7, 11) is 0. The largest absolute Gasteiger partial charge is 0.407 e. The minimum Gasteiger partial charge on any atom is -0.407 e. The van der Waals surface area contributed by atoms with Crippen LogP contribution < -0.4 is 10.3 Å². The Kier molecular flexibility index (Phi) is 3.89. The first-order valence-electron chi connectivity index (χ1n) is 7.25. The molecule has 0 N–H and O–H groups in total. The summed E-state index contributed by atoms with van der Waals surface area (Å²) in [6.07, 6.45) is 3.47. The first-order valence-corrected chi connectivity index (χ1v) is 7.25. The van der Waals surface area contributed by atoms with Crippen molar-refractivity contribution in [1.29, 1.82) is 0 Å². The number of rotatable bonds is 3. The van der Waals surface area contributed by atoms with Gasteiger partial charge in [0.2, 0.25) is 5.88 Å². The van der Waals surface area contributed by atoms with Gasteiger partial charge in [-0.25, -0.2) is 9.38 Å². The molecule has 0 atom stereocenters. The molecule has 0 radical (unpaired) electrons. The number of esters is 1. The predicted molar refractivity (Wildman–Crippen MR) is 85.4 cm³/mol. The first kappa shape index (κ1) is 14.9. The van der Waals surface area contributed by atoms with E-state index in [1.807, 2.05) is 37.3 Å². The highest BCUT2D eigenvalue weighted by atomic mass is 16.5. The van der Waals surface area contributed by atoms with E-state index in [-0.39, 0.29) is 11.4 Å². The highest BCUT2D eigenvalue weighted by Crippen LogP contribution is 2.24. The Bertz CT molecular complexity index is 933. The molecule has 23 heavy (non-hydrogen) atoms. The lowest BCUT2D eigenvalue weighted by molar-refractivity contribution is -0.132. The third kappa shape index (κ3) is 2.70. The Balaban J connectivity index is 2.35. The maximum absolute atomic E-state index is 12.6. The predicted octanol–water partition coefficient (Wildman–Crippen LogP) is 2.24. The van der Waals surface area contributed by atoms with E-state index in [4.69, 9.17) is 4.74 Å². The highest BCUT2D eigenvalue weighted by molar-refractivity contribution is 5.77. The molecule has 0 amide bonds. The van der Waals surface area contributed by atoms with Crippen molar-refractivity contribution in [2.24, 2.45) is 0 Å². The summed E-state index contributed by atoms with van der Waals surface area (Å²) in [6.45, 7) is 3.10. The molecule has 0 aliphatic carbocycles. The van der Waals surface area contributed by atoms with Crippen LogP contribution in [0.4, 0.5) is 0 Å². The van der Waals surface area contributed by atoms with Gasteiger partial charge in [-0.1, -0.05) is 37.3 Å². The van der Waals surface area contributed by atoms with E-state index in [1.165, 1.54) is 17.7 Å². The Morgan fingerprint density at radius 2 is 2.00 bits per heavy atom. The van der Waals surface area contributed by atoms with Gasteiger partial charge in [0.25, 0.3) is 5.56 Å². The molecule has 0 fully saturated rings. The minimum atomic E-state index is -0.508. The van der Waals surface area contributed by atoms with E-state index in [2.05, 4.69) is 9.97 Å². The summed E-state index contributed by atoms with van der Waals surface area (Å²) >= 11 is 0. The van der Waals surface area contributed by atoms with Crippen LogP contribution in [0.1, 0.15) is 19.4 Å². The monoisotopic (exact) mass is 309 g/mol. The number of carbonyl (C=O) groups is 1. The van der Waals surface area contributed by atoms with Gasteiger partial charge >= 0.3 is 5.97 Å². The third-order valence-electron chi connectivity index (χ3n) is 3.48. The number of carbonyl (C=O) groups excluding carboxylic acids is 1. The van der Waals surface area contributed by atoms with Gasteiger partial charge < -0.3 is 4.74 Å². The molecule has 0 saturated heterocycles. The van der Waals surface area contributed by atoms with Gasteiger partial charge in [-0.2, -0.15) is 4.98 Å². The molecule has 0 unspecified atom stereocenters. The molecule has 3 aromatic rings. The van der Waals surface area contributed by atoms with Crippen molar-refractivity contribution in [2.45, 2.75) is 20.3 Å². The maximum Gasteiger partial charge on any atom is 0.309 e. The van der Waals surface area contributed by atoms with Gasteiger partial charge in [-0.3, -0.25) is 9.59 Å². The number of hydrogen-bond acceptors (Lipinski definition) is 5. The second-order valence-corrected chi connectivity index (χ2v) is 5.01. The van der Waals surface area contributed by atoms with E-state index in [0.29, 0.717) is 23.2 Å². The summed E-state index contributed by atoms with van der Waals surface area (Å²) in [5.74, 6) is -0.445. The summed E-state index contributed by atoms with van der Waals surface area (Å²) < 4.78 is 6.52. The van der Waals surface area contributed by atoms with Crippen molar-refractivity contribution < 1.29 is 9.53 Å². The minimum absolute atomic E-state index is 0.0633. The van der Waals surface area contributed by atoms with Crippen LogP contribution in [0.3, 0.4) is 0 Å². The number of fused-ring (bicyclic) bond motifs is 1. The van der Waals surface area contributed by atoms with Crippen LogP contribution >= 0.6 is 0 Å². The van der Waals surface area contributed by atoms with Crippen LogP contribution in [0.25, 0.3) is 16.8 Å². The highest BCUT2D eigenvalue weighted by Gasteiger charge is 2.16.